The third-order valence-corrected chi connectivity index (χ3v) is 7.10. The van der Waals surface area contributed by atoms with Crippen molar-refractivity contribution in [1.82, 2.24) is 4.31 Å². The van der Waals surface area contributed by atoms with Crippen LogP contribution >= 0.6 is 0 Å². The van der Waals surface area contributed by atoms with Crippen molar-refractivity contribution in [1.29, 1.82) is 0 Å². The van der Waals surface area contributed by atoms with Crippen molar-refractivity contribution in [2.75, 3.05) is 18.8 Å². The molecular weight excluding hydrogens is 310 g/mol. The van der Waals surface area contributed by atoms with E-state index in [4.69, 9.17) is 6.42 Å². The summed E-state index contributed by atoms with van der Waals surface area (Å²) in [5.41, 5.74) is 1.65. The lowest BCUT2D eigenvalue weighted by Gasteiger charge is -2.36. The largest absolute Gasteiger partial charge is 0.389 e. The first-order chi connectivity index (χ1) is 10.9. The van der Waals surface area contributed by atoms with Crippen LogP contribution in [0.15, 0.2) is 24.3 Å². The van der Waals surface area contributed by atoms with Gasteiger partial charge in [-0.05, 0) is 42.7 Å². The van der Waals surface area contributed by atoms with E-state index in [2.05, 4.69) is 18.1 Å². The zero-order chi connectivity index (χ0) is 16.5. The van der Waals surface area contributed by atoms with Gasteiger partial charge in [-0.3, -0.25) is 0 Å². The van der Waals surface area contributed by atoms with Gasteiger partial charge in [0.05, 0.1) is 11.4 Å². The molecular formula is C18H23NO3S. The molecule has 0 atom stereocenters. The third-order valence-electron chi connectivity index (χ3n) is 5.06. The first-order valence-electron chi connectivity index (χ1n) is 8.12. The van der Waals surface area contributed by atoms with Crippen LogP contribution in [0.1, 0.15) is 30.4 Å². The molecule has 1 aromatic carbocycles. The Morgan fingerprint density at radius 2 is 1.78 bits per heavy atom. The van der Waals surface area contributed by atoms with Gasteiger partial charge in [0, 0.05) is 19.5 Å². The first kappa shape index (κ1) is 16.5. The Hall–Kier alpha value is -1.35. The van der Waals surface area contributed by atoms with E-state index in [9.17, 15) is 13.5 Å². The monoisotopic (exact) mass is 333 g/mol. The second-order valence-electron chi connectivity index (χ2n) is 6.83. The van der Waals surface area contributed by atoms with Gasteiger partial charge in [-0.25, -0.2) is 12.7 Å². The molecule has 0 bridgehead atoms. The van der Waals surface area contributed by atoms with Crippen LogP contribution in [0.2, 0.25) is 0 Å². The minimum absolute atomic E-state index is 0.156. The van der Waals surface area contributed by atoms with Crippen LogP contribution in [0.25, 0.3) is 0 Å². The Bertz CT molecular complexity index is 687. The van der Waals surface area contributed by atoms with Crippen molar-refractivity contribution in [3.05, 3.63) is 35.4 Å². The number of hydrogen-bond acceptors (Lipinski definition) is 3. The summed E-state index contributed by atoms with van der Waals surface area (Å²) in [7, 11) is -3.28. The van der Waals surface area contributed by atoms with Crippen LogP contribution in [0.4, 0.5) is 0 Å². The normalized spacial score (nSPS) is 21.7. The van der Waals surface area contributed by atoms with Crippen molar-refractivity contribution in [3.8, 4) is 12.3 Å². The number of nitrogens with zero attached hydrogens (tertiary/aromatic N) is 1. The number of terminal acetylenes is 1. The van der Waals surface area contributed by atoms with Crippen molar-refractivity contribution < 1.29 is 13.5 Å². The van der Waals surface area contributed by atoms with Crippen molar-refractivity contribution in [3.63, 3.8) is 0 Å². The molecule has 0 amide bonds. The molecule has 3 rings (SSSR count). The van der Waals surface area contributed by atoms with Gasteiger partial charge in [0.2, 0.25) is 10.0 Å². The van der Waals surface area contributed by atoms with Crippen molar-refractivity contribution in [2.45, 2.75) is 37.7 Å². The summed E-state index contributed by atoms with van der Waals surface area (Å²) in [4.78, 5) is 0. The van der Waals surface area contributed by atoms with Gasteiger partial charge in [0.15, 0.2) is 0 Å². The maximum atomic E-state index is 12.7. The lowest BCUT2D eigenvalue weighted by Crippen LogP contribution is -2.47. The lowest BCUT2D eigenvalue weighted by molar-refractivity contribution is -0.000216. The molecule has 1 aromatic rings. The second kappa shape index (κ2) is 6.27. The van der Waals surface area contributed by atoms with Gasteiger partial charge < -0.3 is 5.11 Å². The number of hydrogen-bond donors (Lipinski definition) is 1. The highest BCUT2D eigenvalue weighted by atomic mass is 32.2. The predicted octanol–water partition coefficient (Wildman–Crippen LogP) is 1.58. The third kappa shape index (κ3) is 3.60. The summed E-state index contributed by atoms with van der Waals surface area (Å²) in [6.45, 7) is 0.723. The van der Waals surface area contributed by atoms with E-state index in [1.165, 1.54) is 15.4 Å². The van der Waals surface area contributed by atoms with Gasteiger partial charge in [-0.2, -0.15) is 0 Å². The molecule has 2 aliphatic rings. The molecule has 4 nitrogen and oxygen atoms in total. The number of piperidine rings is 1. The molecule has 1 heterocycles. The number of benzene rings is 1. The highest BCUT2D eigenvalue weighted by Gasteiger charge is 2.37. The summed E-state index contributed by atoms with van der Waals surface area (Å²) >= 11 is 0. The van der Waals surface area contributed by atoms with E-state index in [1.807, 2.05) is 12.1 Å². The van der Waals surface area contributed by atoms with Gasteiger partial charge in [0.1, 0.15) is 0 Å². The summed E-state index contributed by atoms with van der Waals surface area (Å²) in [5, 5.41) is 10.3. The van der Waals surface area contributed by atoms with Crippen LogP contribution in [0.5, 0.6) is 0 Å². The Balaban J connectivity index is 1.60. The summed E-state index contributed by atoms with van der Waals surface area (Å²) in [6.07, 6.45) is 8.08. The average molecular weight is 333 g/mol. The van der Waals surface area contributed by atoms with Crippen molar-refractivity contribution >= 4 is 10.0 Å². The molecule has 23 heavy (non-hydrogen) atoms. The number of rotatable bonds is 4. The quantitative estimate of drug-likeness (QED) is 0.851. The van der Waals surface area contributed by atoms with Gasteiger partial charge in [0.25, 0.3) is 0 Å². The molecule has 0 aromatic heterocycles. The highest BCUT2D eigenvalue weighted by molar-refractivity contribution is 7.89. The van der Waals surface area contributed by atoms with E-state index >= 15 is 0 Å². The topological polar surface area (TPSA) is 57.6 Å². The predicted molar refractivity (Wildman–Crippen MR) is 90.3 cm³/mol. The molecule has 0 saturated carbocycles. The van der Waals surface area contributed by atoms with Gasteiger partial charge in [-0.1, -0.05) is 24.3 Å². The fourth-order valence-corrected chi connectivity index (χ4v) is 5.50. The summed E-state index contributed by atoms with van der Waals surface area (Å²) < 4.78 is 26.9. The van der Waals surface area contributed by atoms with Crippen LogP contribution in [-0.2, 0) is 22.9 Å². The standard InChI is InChI=1S/C18H23NO3S/c1-2-7-18(20)8-10-19(11-9-18)23(21,22)14-15-12-16-5-3-4-6-17(16)13-15/h1,3-6,15,20H,7-14H2. The second-order valence-corrected chi connectivity index (χ2v) is 8.84. The molecule has 1 N–H and O–H groups in total. The van der Waals surface area contributed by atoms with Crippen LogP contribution in [0.3, 0.4) is 0 Å². The molecule has 5 heteroatoms. The molecule has 0 radical (unpaired) electrons. The molecule has 1 aliphatic carbocycles. The van der Waals surface area contributed by atoms with E-state index in [-0.39, 0.29) is 11.7 Å². The Morgan fingerprint density at radius 1 is 1.22 bits per heavy atom. The minimum atomic E-state index is -3.28. The molecule has 0 spiro atoms. The summed E-state index contributed by atoms with van der Waals surface area (Å²) in [5.74, 6) is 2.83. The van der Waals surface area contributed by atoms with Crippen LogP contribution < -0.4 is 0 Å². The molecule has 0 unspecified atom stereocenters. The first-order valence-corrected chi connectivity index (χ1v) is 9.73. The molecule has 124 valence electrons. The lowest BCUT2D eigenvalue weighted by atomic mass is 9.89. The maximum Gasteiger partial charge on any atom is 0.214 e. The molecule has 1 fully saturated rings. The Kier molecular flexibility index (Phi) is 4.50. The maximum absolute atomic E-state index is 12.7. The number of sulfonamides is 1. The van der Waals surface area contributed by atoms with E-state index in [0.29, 0.717) is 32.4 Å². The smallest absolute Gasteiger partial charge is 0.214 e. The Labute approximate surface area is 138 Å². The fraction of sp³-hybridized carbons (Fsp3) is 0.556. The van der Waals surface area contributed by atoms with E-state index in [1.54, 1.807) is 0 Å². The Morgan fingerprint density at radius 3 is 2.30 bits per heavy atom. The van der Waals surface area contributed by atoms with Gasteiger partial charge in [-0.15, -0.1) is 12.3 Å². The molecule has 1 saturated heterocycles. The van der Waals surface area contributed by atoms with E-state index in [0.717, 1.165) is 12.8 Å². The average Bonchev–Trinajstić information content (AvgIpc) is 2.89. The number of aliphatic hydroxyl groups is 1. The van der Waals surface area contributed by atoms with Crippen LogP contribution in [-0.4, -0.2) is 42.3 Å². The number of fused-ring (bicyclic) bond motifs is 1. The highest BCUT2D eigenvalue weighted by Crippen LogP contribution is 2.30. The minimum Gasteiger partial charge on any atom is -0.389 e. The van der Waals surface area contributed by atoms with Gasteiger partial charge >= 0.3 is 0 Å². The summed E-state index contributed by atoms with van der Waals surface area (Å²) in [6, 6.07) is 8.19. The SMILES string of the molecule is C#CCC1(O)CCN(S(=O)(=O)CC2Cc3ccccc3C2)CC1. The fourth-order valence-electron chi connectivity index (χ4n) is 3.72. The van der Waals surface area contributed by atoms with Crippen LogP contribution in [0, 0.1) is 18.3 Å². The van der Waals surface area contributed by atoms with Crippen molar-refractivity contribution in [2.24, 2.45) is 5.92 Å². The molecule has 1 aliphatic heterocycles. The zero-order valence-corrected chi connectivity index (χ0v) is 14.1. The van der Waals surface area contributed by atoms with E-state index < -0.39 is 15.6 Å². The zero-order valence-electron chi connectivity index (χ0n) is 13.2.